The third kappa shape index (κ3) is 4.05. The Morgan fingerprint density at radius 2 is 1.95 bits per heavy atom. The number of carbonyl (C=O) groups is 3. The molecule has 0 aliphatic heterocycles. The number of hydrogen-bond acceptors (Lipinski definition) is 6. The molecule has 0 aliphatic rings. The van der Waals surface area contributed by atoms with E-state index in [1.807, 2.05) is 0 Å². The molecule has 2 aromatic rings. The summed E-state index contributed by atoms with van der Waals surface area (Å²) in [5.74, 6) is -1.16. The lowest BCUT2D eigenvalue weighted by atomic mass is 10.1. The van der Waals surface area contributed by atoms with Gasteiger partial charge in [-0.1, -0.05) is 0 Å². The molecule has 0 fully saturated rings. The number of rotatable bonds is 7. The highest BCUT2D eigenvalue weighted by molar-refractivity contribution is 7.20. The SMILES string of the molecule is COC(=O)CCC(=O)c1cc2ccc(OCC(=O)O)cc2s1. The Morgan fingerprint density at radius 1 is 1.18 bits per heavy atom. The van der Waals surface area contributed by atoms with Crippen LogP contribution in [-0.4, -0.2) is 36.5 Å². The zero-order valence-electron chi connectivity index (χ0n) is 11.8. The third-order valence-electron chi connectivity index (χ3n) is 2.91. The minimum Gasteiger partial charge on any atom is -0.482 e. The number of methoxy groups -OCH3 is 1. The first-order chi connectivity index (χ1) is 10.5. The van der Waals surface area contributed by atoms with Crippen LogP contribution in [-0.2, 0) is 14.3 Å². The summed E-state index contributed by atoms with van der Waals surface area (Å²) in [6.07, 6.45) is 0.151. The van der Waals surface area contributed by atoms with Gasteiger partial charge in [-0.25, -0.2) is 4.79 Å². The number of fused-ring (bicyclic) bond motifs is 1. The number of ether oxygens (including phenoxy) is 2. The molecule has 0 spiro atoms. The first kappa shape index (κ1) is 16.0. The van der Waals surface area contributed by atoms with E-state index in [4.69, 9.17) is 9.84 Å². The summed E-state index contributed by atoms with van der Waals surface area (Å²) in [5, 5.41) is 9.45. The number of thiophene rings is 1. The number of esters is 1. The van der Waals surface area contributed by atoms with Crippen molar-refractivity contribution < 1.29 is 29.0 Å². The number of carboxylic acid groups (broad SMARTS) is 1. The van der Waals surface area contributed by atoms with Gasteiger partial charge in [-0.2, -0.15) is 0 Å². The second kappa shape index (κ2) is 7.04. The molecule has 1 aromatic carbocycles. The van der Waals surface area contributed by atoms with Crippen LogP contribution in [0.2, 0.25) is 0 Å². The van der Waals surface area contributed by atoms with E-state index in [2.05, 4.69) is 4.74 Å². The predicted molar refractivity (Wildman–Crippen MR) is 80.5 cm³/mol. The minimum atomic E-state index is -1.05. The molecule has 0 saturated heterocycles. The Balaban J connectivity index is 2.10. The van der Waals surface area contributed by atoms with Gasteiger partial charge >= 0.3 is 11.9 Å². The Kier molecular flexibility index (Phi) is 5.11. The molecule has 0 saturated carbocycles. The van der Waals surface area contributed by atoms with E-state index < -0.39 is 18.5 Å². The van der Waals surface area contributed by atoms with Gasteiger partial charge in [-0.3, -0.25) is 9.59 Å². The molecule has 0 bridgehead atoms. The van der Waals surface area contributed by atoms with Crippen LogP contribution in [0.5, 0.6) is 5.75 Å². The van der Waals surface area contributed by atoms with E-state index in [9.17, 15) is 14.4 Å². The van der Waals surface area contributed by atoms with Crippen LogP contribution in [0.15, 0.2) is 24.3 Å². The summed E-state index contributed by atoms with van der Waals surface area (Å²) in [4.78, 5) is 34.1. The van der Waals surface area contributed by atoms with E-state index in [1.165, 1.54) is 18.4 Å². The lowest BCUT2D eigenvalue weighted by Crippen LogP contribution is -2.09. The first-order valence-corrected chi connectivity index (χ1v) is 7.29. The lowest BCUT2D eigenvalue weighted by Gasteiger charge is -2.02. The van der Waals surface area contributed by atoms with Crippen LogP contribution in [0.1, 0.15) is 22.5 Å². The Hall–Kier alpha value is -2.41. The molecule has 2 rings (SSSR count). The van der Waals surface area contributed by atoms with Crippen molar-refractivity contribution in [2.45, 2.75) is 12.8 Å². The summed E-state index contributed by atoms with van der Waals surface area (Å²) in [7, 11) is 1.28. The van der Waals surface area contributed by atoms with E-state index in [0.29, 0.717) is 10.6 Å². The van der Waals surface area contributed by atoms with Crippen molar-refractivity contribution >= 4 is 39.1 Å². The van der Waals surface area contributed by atoms with Gasteiger partial charge in [0, 0.05) is 11.1 Å². The van der Waals surface area contributed by atoms with Gasteiger partial charge in [0.2, 0.25) is 0 Å². The van der Waals surface area contributed by atoms with Gasteiger partial charge in [-0.05, 0) is 29.7 Å². The van der Waals surface area contributed by atoms with Gasteiger partial charge in [0.25, 0.3) is 0 Å². The van der Waals surface area contributed by atoms with Crippen molar-refractivity contribution in [1.29, 1.82) is 0 Å². The zero-order valence-corrected chi connectivity index (χ0v) is 12.6. The smallest absolute Gasteiger partial charge is 0.341 e. The van der Waals surface area contributed by atoms with E-state index in [1.54, 1.807) is 24.3 Å². The monoisotopic (exact) mass is 322 g/mol. The lowest BCUT2D eigenvalue weighted by molar-refractivity contribution is -0.141. The molecule has 1 N–H and O–H groups in total. The van der Waals surface area contributed by atoms with E-state index in [0.717, 1.165) is 10.1 Å². The Labute approximate surface area is 130 Å². The Morgan fingerprint density at radius 3 is 2.64 bits per heavy atom. The van der Waals surface area contributed by atoms with Gasteiger partial charge in [-0.15, -0.1) is 11.3 Å². The molecule has 116 valence electrons. The second-order valence-electron chi connectivity index (χ2n) is 4.49. The van der Waals surface area contributed by atoms with Crippen molar-refractivity contribution in [3.63, 3.8) is 0 Å². The maximum absolute atomic E-state index is 12.0. The number of ketones is 1. The molecule has 1 aromatic heterocycles. The summed E-state index contributed by atoms with van der Waals surface area (Å²) in [6.45, 7) is -0.415. The predicted octanol–water partition coefficient (Wildman–Crippen LogP) is 2.50. The van der Waals surface area contributed by atoms with Crippen LogP contribution in [0.4, 0.5) is 0 Å². The van der Waals surface area contributed by atoms with Crippen molar-refractivity contribution in [3.8, 4) is 5.75 Å². The highest BCUT2D eigenvalue weighted by atomic mass is 32.1. The fourth-order valence-corrected chi connectivity index (χ4v) is 2.88. The van der Waals surface area contributed by atoms with Gasteiger partial charge in [0.15, 0.2) is 12.4 Å². The van der Waals surface area contributed by atoms with Crippen molar-refractivity contribution in [3.05, 3.63) is 29.1 Å². The summed E-state index contributed by atoms with van der Waals surface area (Å²) >= 11 is 1.28. The summed E-state index contributed by atoms with van der Waals surface area (Å²) in [5.41, 5.74) is 0. The quantitative estimate of drug-likeness (QED) is 0.622. The second-order valence-corrected chi connectivity index (χ2v) is 5.58. The number of carboxylic acids is 1. The number of hydrogen-bond donors (Lipinski definition) is 1. The van der Waals surface area contributed by atoms with E-state index >= 15 is 0 Å². The standard InChI is InChI=1S/C15H14O6S/c1-20-15(19)5-4-11(16)13-6-9-2-3-10(7-12(9)22-13)21-8-14(17)18/h2-3,6-7H,4-5,8H2,1H3,(H,17,18). The fraction of sp³-hybridized carbons (Fsp3) is 0.267. The molecule has 7 heteroatoms. The summed E-state index contributed by atoms with van der Waals surface area (Å²) < 4.78 is 10.4. The highest BCUT2D eigenvalue weighted by Gasteiger charge is 2.13. The molecular weight excluding hydrogens is 308 g/mol. The average molecular weight is 322 g/mol. The highest BCUT2D eigenvalue weighted by Crippen LogP contribution is 2.30. The van der Waals surface area contributed by atoms with Gasteiger partial charge < -0.3 is 14.6 Å². The topological polar surface area (TPSA) is 89.9 Å². The molecule has 0 radical (unpaired) electrons. The van der Waals surface area contributed by atoms with Crippen LogP contribution in [0.3, 0.4) is 0 Å². The van der Waals surface area contributed by atoms with Crippen LogP contribution in [0.25, 0.3) is 10.1 Å². The third-order valence-corrected chi connectivity index (χ3v) is 4.05. The molecule has 0 aliphatic carbocycles. The van der Waals surface area contributed by atoms with E-state index in [-0.39, 0.29) is 18.6 Å². The maximum atomic E-state index is 12.0. The molecular formula is C15H14O6S. The summed E-state index contributed by atoms with van der Waals surface area (Å²) in [6, 6.07) is 6.86. The number of carbonyl (C=O) groups excluding carboxylic acids is 2. The van der Waals surface area contributed by atoms with Gasteiger partial charge in [0.05, 0.1) is 18.4 Å². The van der Waals surface area contributed by atoms with Crippen molar-refractivity contribution in [2.75, 3.05) is 13.7 Å². The number of Topliss-reactive ketones (excluding diaryl/α,β-unsaturated/α-hetero) is 1. The molecule has 6 nitrogen and oxygen atoms in total. The molecule has 22 heavy (non-hydrogen) atoms. The largest absolute Gasteiger partial charge is 0.482 e. The van der Waals surface area contributed by atoms with Crippen molar-refractivity contribution in [1.82, 2.24) is 0 Å². The normalized spacial score (nSPS) is 10.4. The van der Waals surface area contributed by atoms with Gasteiger partial charge in [0.1, 0.15) is 5.75 Å². The Bertz CT molecular complexity index is 718. The minimum absolute atomic E-state index is 0.0521. The van der Waals surface area contributed by atoms with Crippen LogP contribution in [0, 0.1) is 0 Å². The maximum Gasteiger partial charge on any atom is 0.341 e. The molecule has 0 unspecified atom stereocenters. The van der Waals surface area contributed by atoms with Crippen LogP contribution < -0.4 is 4.74 Å². The zero-order chi connectivity index (χ0) is 16.1. The molecule has 0 atom stereocenters. The average Bonchev–Trinajstić information content (AvgIpc) is 2.93. The van der Waals surface area contributed by atoms with Crippen LogP contribution >= 0.6 is 11.3 Å². The molecule has 1 heterocycles. The molecule has 0 amide bonds. The first-order valence-electron chi connectivity index (χ1n) is 6.48. The van der Waals surface area contributed by atoms with Crippen molar-refractivity contribution in [2.24, 2.45) is 0 Å². The number of benzene rings is 1. The fourth-order valence-electron chi connectivity index (χ4n) is 1.82. The number of aliphatic carboxylic acids is 1.